The van der Waals surface area contributed by atoms with E-state index in [0.29, 0.717) is 0 Å². The summed E-state index contributed by atoms with van der Waals surface area (Å²) in [4.78, 5) is 24.7. The largest absolute Gasteiger partial charge is 0.480 e. The fraction of sp³-hybridized carbons (Fsp3) is 0.263. The summed E-state index contributed by atoms with van der Waals surface area (Å²) in [5.41, 5.74) is -0.435. The molecule has 3 rings (SSSR count). The lowest BCUT2D eigenvalue weighted by Gasteiger charge is -2.24. The zero-order chi connectivity index (χ0) is 19.1. The Balaban J connectivity index is 2.18. The molecule has 136 valence electrons. The van der Waals surface area contributed by atoms with E-state index in [-0.39, 0.29) is 29.1 Å². The number of carboxylic acid groups (broad SMARTS) is 1. The van der Waals surface area contributed by atoms with Crippen molar-refractivity contribution in [3.63, 3.8) is 0 Å². The van der Waals surface area contributed by atoms with Crippen LogP contribution in [0.2, 0.25) is 0 Å². The lowest BCUT2D eigenvalue weighted by Crippen LogP contribution is -2.38. The SMILES string of the molecule is Cc1ccc(S(=O)(=O)N2CCC(C)(C(=O)O)C(=O)c3ccccc32)cc1. The molecule has 6 nitrogen and oxygen atoms in total. The molecule has 1 aliphatic heterocycles. The number of rotatable bonds is 3. The Kier molecular flexibility index (Phi) is 4.36. The molecule has 0 spiro atoms. The number of carbonyl (C=O) groups is 2. The summed E-state index contributed by atoms with van der Waals surface area (Å²) in [6, 6.07) is 12.7. The van der Waals surface area contributed by atoms with Crippen LogP contribution in [0.3, 0.4) is 0 Å². The second kappa shape index (κ2) is 6.25. The highest BCUT2D eigenvalue weighted by Crippen LogP contribution is 2.38. The van der Waals surface area contributed by atoms with E-state index in [1.54, 1.807) is 24.3 Å². The molecule has 0 fully saturated rings. The fourth-order valence-electron chi connectivity index (χ4n) is 3.03. The number of anilines is 1. The molecule has 1 atom stereocenters. The van der Waals surface area contributed by atoms with Crippen molar-refractivity contribution in [2.75, 3.05) is 10.8 Å². The Morgan fingerprint density at radius 3 is 2.35 bits per heavy atom. The van der Waals surface area contributed by atoms with Gasteiger partial charge in [-0.3, -0.25) is 13.9 Å². The molecule has 1 N–H and O–H groups in total. The number of para-hydroxylation sites is 1. The van der Waals surface area contributed by atoms with Gasteiger partial charge in [0.1, 0.15) is 5.41 Å². The first-order valence-electron chi connectivity index (χ1n) is 8.14. The van der Waals surface area contributed by atoms with Crippen molar-refractivity contribution in [2.24, 2.45) is 5.41 Å². The standard InChI is InChI=1S/C19H19NO5S/c1-13-7-9-14(10-8-13)26(24,25)20-12-11-19(2,18(22)23)17(21)15-5-3-4-6-16(15)20/h3-10H,11-12H2,1-2H3,(H,22,23). The van der Waals surface area contributed by atoms with Crippen LogP contribution >= 0.6 is 0 Å². The third-order valence-electron chi connectivity index (χ3n) is 4.81. The van der Waals surface area contributed by atoms with E-state index in [9.17, 15) is 23.1 Å². The minimum absolute atomic E-state index is 0.0955. The van der Waals surface area contributed by atoms with Crippen molar-refractivity contribution < 1.29 is 23.1 Å². The van der Waals surface area contributed by atoms with Gasteiger partial charge < -0.3 is 5.11 Å². The first kappa shape index (κ1) is 18.1. The van der Waals surface area contributed by atoms with E-state index >= 15 is 0 Å². The number of carbonyl (C=O) groups excluding carboxylic acids is 1. The number of nitrogens with zero attached hydrogens (tertiary/aromatic N) is 1. The molecule has 0 bridgehead atoms. The van der Waals surface area contributed by atoms with E-state index in [4.69, 9.17) is 0 Å². The van der Waals surface area contributed by atoms with Crippen LogP contribution in [0.1, 0.15) is 29.3 Å². The molecule has 7 heteroatoms. The molecule has 0 saturated heterocycles. The topological polar surface area (TPSA) is 91.8 Å². The normalized spacial score (nSPS) is 20.4. The summed E-state index contributed by atoms with van der Waals surface area (Å²) < 4.78 is 27.5. The maximum absolute atomic E-state index is 13.2. The van der Waals surface area contributed by atoms with Gasteiger partial charge in [-0.1, -0.05) is 29.8 Å². The molecule has 1 heterocycles. The summed E-state index contributed by atoms with van der Waals surface area (Å²) in [6.45, 7) is 3.10. The predicted molar refractivity (Wildman–Crippen MR) is 96.8 cm³/mol. The zero-order valence-electron chi connectivity index (χ0n) is 14.5. The summed E-state index contributed by atoms with van der Waals surface area (Å²) >= 11 is 0. The summed E-state index contributed by atoms with van der Waals surface area (Å²) in [5, 5.41) is 9.57. The number of hydrogen-bond acceptors (Lipinski definition) is 4. The highest BCUT2D eigenvalue weighted by Gasteiger charge is 2.46. The van der Waals surface area contributed by atoms with Crippen molar-refractivity contribution in [1.82, 2.24) is 0 Å². The van der Waals surface area contributed by atoms with Crippen LogP contribution in [0.25, 0.3) is 0 Å². The van der Waals surface area contributed by atoms with Crippen LogP contribution in [0, 0.1) is 12.3 Å². The maximum Gasteiger partial charge on any atom is 0.317 e. The molecule has 0 aliphatic carbocycles. The van der Waals surface area contributed by atoms with Gasteiger partial charge in [-0.05, 0) is 44.5 Å². The smallest absolute Gasteiger partial charge is 0.317 e. The molecule has 0 aromatic heterocycles. The van der Waals surface area contributed by atoms with Gasteiger partial charge in [-0.15, -0.1) is 0 Å². The van der Waals surface area contributed by atoms with Gasteiger partial charge in [0.25, 0.3) is 10.0 Å². The minimum Gasteiger partial charge on any atom is -0.480 e. The average molecular weight is 373 g/mol. The number of fused-ring (bicyclic) bond motifs is 1. The zero-order valence-corrected chi connectivity index (χ0v) is 15.3. The van der Waals surface area contributed by atoms with Crippen molar-refractivity contribution in [3.8, 4) is 0 Å². The molecular weight excluding hydrogens is 354 g/mol. The molecule has 0 amide bonds. The molecule has 0 radical (unpaired) electrons. The Hall–Kier alpha value is -2.67. The van der Waals surface area contributed by atoms with E-state index < -0.39 is 27.2 Å². The van der Waals surface area contributed by atoms with Gasteiger partial charge in [-0.25, -0.2) is 8.42 Å². The summed E-state index contributed by atoms with van der Waals surface area (Å²) in [7, 11) is -3.93. The lowest BCUT2D eigenvalue weighted by molar-refractivity contribution is -0.145. The summed E-state index contributed by atoms with van der Waals surface area (Å²) in [6.07, 6.45) is -0.110. The molecule has 2 aromatic rings. The van der Waals surface area contributed by atoms with Crippen molar-refractivity contribution in [1.29, 1.82) is 0 Å². The highest BCUT2D eigenvalue weighted by atomic mass is 32.2. The van der Waals surface area contributed by atoms with Crippen LogP contribution in [0.4, 0.5) is 5.69 Å². The van der Waals surface area contributed by atoms with Crippen molar-refractivity contribution in [2.45, 2.75) is 25.2 Å². The van der Waals surface area contributed by atoms with Crippen LogP contribution in [0.15, 0.2) is 53.4 Å². The second-order valence-electron chi connectivity index (χ2n) is 6.62. The second-order valence-corrected chi connectivity index (χ2v) is 8.49. The van der Waals surface area contributed by atoms with E-state index in [1.807, 2.05) is 6.92 Å². The predicted octanol–water partition coefficient (Wildman–Crippen LogP) is 2.87. The Labute approximate surface area is 152 Å². The number of ketones is 1. The van der Waals surface area contributed by atoms with Gasteiger partial charge in [-0.2, -0.15) is 0 Å². The third-order valence-corrected chi connectivity index (χ3v) is 6.64. The average Bonchev–Trinajstić information content (AvgIpc) is 2.72. The number of aliphatic carboxylic acids is 1. The number of aryl methyl sites for hydroxylation is 1. The van der Waals surface area contributed by atoms with Crippen LogP contribution in [0.5, 0.6) is 0 Å². The minimum atomic E-state index is -3.93. The van der Waals surface area contributed by atoms with Gasteiger partial charge in [0, 0.05) is 12.1 Å². The highest BCUT2D eigenvalue weighted by molar-refractivity contribution is 7.92. The van der Waals surface area contributed by atoms with Crippen molar-refractivity contribution in [3.05, 3.63) is 59.7 Å². The van der Waals surface area contributed by atoms with Gasteiger partial charge >= 0.3 is 5.97 Å². The number of benzene rings is 2. The van der Waals surface area contributed by atoms with Crippen LogP contribution in [-0.2, 0) is 14.8 Å². The van der Waals surface area contributed by atoms with Gasteiger partial charge in [0.15, 0.2) is 5.78 Å². The number of sulfonamides is 1. The van der Waals surface area contributed by atoms with Crippen molar-refractivity contribution >= 4 is 27.5 Å². The molecular formula is C19H19NO5S. The van der Waals surface area contributed by atoms with Gasteiger partial charge in [0.2, 0.25) is 0 Å². The molecule has 26 heavy (non-hydrogen) atoms. The molecule has 0 saturated carbocycles. The lowest BCUT2D eigenvalue weighted by atomic mass is 9.80. The fourth-order valence-corrected chi connectivity index (χ4v) is 4.51. The van der Waals surface area contributed by atoms with E-state index in [0.717, 1.165) is 9.87 Å². The van der Waals surface area contributed by atoms with E-state index in [2.05, 4.69) is 0 Å². The molecule has 1 unspecified atom stereocenters. The van der Waals surface area contributed by atoms with E-state index in [1.165, 1.54) is 31.2 Å². The monoisotopic (exact) mass is 373 g/mol. The van der Waals surface area contributed by atoms with Crippen LogP contribution < -0.4 is 4.31 Å². The Morgan fingerprint density at radius 1 is 1.12 bits per heavy atom. The summed E-state index contributed by atoms with van der Waals surface area (Å²) in [5.74, 6) is -1.84. The Morgan fingerprint density at radius 2 is 1.73 bits per heavy atom. The quantitative estimate of drug-likeness (QED) is 0.835. The molecule has 1 aliphatic rings. The first-order chi connectivity index (χ1) is 12.2. The maximum atomic E-state index is 13.2. The molecule has 2 aromatic carbocycles. The Bertz CT molecular complexity index is 981. The van der Waals surface area contributed by atoms with Gasteiger partial charge in [0.05, 0.1) is 10.6 Å². The number of Topliss-reactive ketones (excluding diaryl/α,β-unsaturated/α-hetero) is 1. The van der Waals surface area contributed by atoms with Crippen LogP contribution in [-0.4, -0.2) is 31.8 Å². The number of carboxylic acids is 1. The third kappa shape index (κ3) is 2.78. The number of hydrogen-bond donors (Lipinski definition) is 1. The first-order valence-corrected chi connectivity index (χ1v) is 9.58.